The number of anilines is 1. The molecule has 3 rings (SSSR count). The molecule has 0 fully saturated rings. The minimum Gasteiger partial charge on any atom is -0.497 e. The van der Waals surface area contributed by atoms with Crippen molar-refractivity contribution in [2.24, 2.45) is 0 Å². The second-order valence-corrected chi connectivity index (χ2v) is 9.31. The highest BCUT2D eigenvalue weighted by molar-refractivity contribution is 7.92. The molecule has 8 nitrogen and oxygen atoms in total. The Morgan fingerprint density at radius 2 is 1.82 bits per heavy atom. The highest BCUT2D eigenvalue weighted by Gasteiger charge is 2.19. The smallest absolute Gasteiger partial charge is 0.261 e. The minimum absolute atomic E-state index is 0.0146. The van der Waals surface area contributed by atoms with Gasteiger partial charge in [0.2, 0.25) is 5.88 Å². The first-order valence-electron chi connectivity index (χ1n) is 10.4. The number of pyridine rings is 1. The van der Waals surface area contributed by atoms with Gasteiger partial charge < -0.3 is 14.8 Å². The maximum absolute atomic E-state index is 12.9. The molecule has 1 aromatic heterocycles. The van der Waals surface area contributed by atoms with E-state index < -0.39 is 15.9 Å². The number of sulfonamides is 1. The van der Waals surface area contributed by atoms with Crippen LogP contribution in [0.2, 0.25) is 0 Å². The van der Waals surface area contributed by atoms with Gasteiger partial charge >= 0.3 is 0 Å². The summed E-state index contributed by atoms with van der Waals surface area (Å²) in [6.07, 6.45) is 1.56. The lowest BCUT2D eigenvalue weighted by atomic mass is 10.1. The van der Waals surface area contributed by atoms with Crippen LogP contribution in [-0.2, 0) is 16.6 Å². The van der Waals surface area contributed by atoms with E-state index in [0.29, 0.717) is 22.9 Å². The quantitative estimate of drug-likeness (QED) is 0.492. The fraction of sp³-hybridized carbons (Fsp3) is 0.250. The zero-order valence-corrected chi connectivity index (χ0v) is 19.8. The van der Waals surface area contributed by atoms with Crippen LogP contribution in [0.25, 0.3) is 0 Å². The van der Waals surface area contributed by atoms with E-state index in [-0.39, 0.29) is 23.1 Å². The van der Waals surface area contributed by atoms with Crippen LogP contribution in [0.15, 0.2) is 65.7 Å². The molecular weight excluding hydrogens is 442 g/mol. The van der Waals surface area contributed by atoms with E-state index in [1.54, 1.807) is 49.5 Å². The summed E-state index contributed by atoms with van der Waals surface area (Å²) in [4.78, 5) is 17.1. The molecule has 0 atom stereocenters. The summed E-state index contributed by atoms with van der Waals surface area (Å²) in [7, 11) is -2.36. The normalized spacial score (nSPS) is 11.2. The summed E-state index contributed by atoms with van der Waals surface area (Å²) < 4.78 is 39.0. The molecule has 2 aromatic carbocycles. The predicted octanol–water partition coefficient (Wildman–Crippen LogP) is 3.92. The van der Waals surface area contributed by atoms with E-state index in [4.69, 9.17) is 9.47 Å². The van der Waals surface area contributed by atoms with Crippen molar-refractivity contribution in [1.82, 2.24) is 10.3 Å². The summed E-state index contributed by atoms with van der Waals surface area (Å²) >= 11 is 0. The van der Waals surface area contributed by atoms with Gasteiger partial charge in [-0.25, -0.2) is 13.4 Å². The van der Waals surface area contributed by atoms with Gasteiger partial charge in [0.05, 0.1) is 18.1 Å². The third-order valence-corrected chi connectivity index (χ3v) is 6.12. The van der Waals surface area contributed by atoms with Gasteiger partial charge in [-0.3, -0.25) is 9.52 Å². The molecule has 9 heteroatoms. The number of carbonyl (C=O) groups is 1. The van der Waals surface area contributed by atoms with Crippen LogP contribution in [0.1, 0.15) is 35.3 Å². The molecule has 0 saturated carbocycles. The molecule has 0 radical (unpaired) electrons. The highest BCUT2D eigenvalue weighted by Crippen LogP contribution is 2.22. The summed E-state index contributed by atoms with van der Waals surface area (Å²) in [5.74, 6) is 0.667. The Kier molecular flexibility index (Phi) is 7.55. The number of ether oxygens (including phenoxy) is 2. The second kappa shape index (κ2) is 10.4. The van der Waals surface area contributed by atoms with Crippen LogP contribution in [0.4, 0.5) is 5.69 Å². The van der Waals surface area contributed by atoms with Crippen molar-refractivity contribution in [1.29, 1.82) is 0 Å². The minimum atomic E-state index is -3.89. The summed E-state index contributed by atoms with van der Waals surface area (Å²) in [6.45, 7) is 5.73. The van der Waals surface area contributed by atoms with Gasteiger partial charge in [0.25, 0.3) is 15.9 Å². The second-order valence-electron chi connectivity index (χ2n) is 7.63. The van der Waals surface area contributed by atoms with Crippen LogP contribution in [0.5, 0.6) is 11.6 Å². The maximum atomic E-state index is 12.9. The largest absolute Gasteiger partial charge is 0.497 e. The number of carbonyl (C=O) groups excluding carboxylic acids is 1. The van der Waals surface area contributed by atoms with E-state index in [1.165, 1.54) is 19.2 Å². The van der Waals surface area contributed by atoms with Gasteiger partial charge in [-0.1, -0.05) is 12.1 Å². The van der Waals surface area contributed by atoms with Gasteiger partial charge in [-0.2, -0.15) is 0 Å². The molecule has 0 unspecified atom stereocenters. The van der Waals surface area contributed by atoms with Crippen LogP contribution in [0, 0.1) is 6.92 Å². The lowest BCUT2D eigenvalue weighted by Crippen LogP contribution is -2.25. The highest BCUT2D eigenvalue weighted by atomic mass is 32.2. The summed E-state index contributed by atoms with van der Waals surface area (Å²) in [5.41, 5.74) is 2.03. The van der Waals surface area contributed by atoms with Gasteiger partial charge in [-0.15, -0.1) is 0 Å². The van der Waals surface area contributed by atoms with Crippen molar-refractivity contribution >= 4 is 21.6 Å². The first-order chi connectivity index (χ1) is 15.7. The Morgan fingerprint density at radius 3 is 2.48 bits per heavy atom. The van der Waals surface area contributed by atoms with Crippen molar-refractivity contribution in [2.45, 2.75) is 38.3 Å². The van der Waals surface area contributed by atoms with Crippen molar-refractivity contribution in [3.63, 3.8) is 0 Å². The number of hydrogen-bond donors (Lipinski definition) is 2. The zero-order valence-electron chi connectivity index (χ0n) is 19.0. The van der Waals surface area contributed by atoms with Crippen molar-refractivity contribution < 1.29 is 22.7 Å². The zero-order chi connectivity index (χ0) is 24.0. The molecule has 0 saturated heterocycles. The average Bonchev–Trinajstić information content (AvgIpc) is 2.78. The maximum Gasteiger partial charge on any atom is 0.261 e. The van der Waals surface area contributed by atoms with Crippen LogP contribution in [0.3, 0.4) is 0 Å². The molecule has 0 bridgehead atoms. The van der Waals surface area contributed by atoms with Crippen molar-refractivity contribution in [3.8, 4) is 11.6 Å². The number of amides is 1. The monoisotopic (exact) mass is 469 g/mol. The molecule has 174 valence electrons. The first-order valence-corrected chi connectivity index (χ1v) is 11.8. The molecule has 1 amide bonds. The number of nitrogens with zero attached hydrogens (tertiary/aromatic N) is 1. The lowest BCUT2D eigenvalue weighted by Gasteiger charge is -2.14. The van der Waals surface area contributed by atoms with Gasteiger partial charge in [0, 0.05) is 29.6 Å². The topological polar surface area (TPSA) is 107 Å². The van der Waals surface area contributed by atoms with Crippen molar-refractivity contribution in [3.05, 3.63) is 77.5 Å². The molecular formula is C24H27N3O5S. The number of rotatable bonds is 9. The third kappa shape index (κ3) is 6.23. The van der Waals surface area contributed by atoms with Crippen LogP contribution in [-0.4, -0.2) is 32.5 Å². The molecule has 1 heterocycles. The Morgan fingerprint density at radius 1 is 1.09 bits per heavy atom. The third-order valence-electron chi connectivity index (χ3n) is 4.74. The number of aromatic nitrogens is 1. The van der Waals surface area contributed by atoms with E-state index in [0.717, 1.165) is 5.56 Å². The van der Waals surface area contributed by atoms with Gasteiger partial charge in [-0.05, 0) is 68.8 Å². The Bertz CT molecular complexity index is 1230. The predicted molar refractivity (Wildman–Crippen MR) is 126 cm³/mol. The van der Waals surface area contributed by atoms with E-state index in [2.05, 4.69) is 15.0 Å². The number of nitrogens with one attached hydrogen (secondary N) is 2. The van der Waals surface area contributed by atoms with E-state index >= 15 is 0 Å². The first kappa shape index (κ1) is 24.1. The van der Waals surface area contributed by atoms with Crippen LogP contribution >= 0.6 is 0 Å². The fourth-order valence-corrected chi connectivity index (χ4v) is 4.13. The standard InChI is InChI=1S/C24H27N3O5S/c1-16(2)32-24-18(6-5-13-25-24)15-26-23(28)22-14-21(12-7-17(22)3)33(29,30)27-19-8-10-20(31-4)11-9-19/h5-14,16,27H,15H2,1-4H3,(H,26,28). The lowest BCUT2D eigenvalue weighted by molar-refractivity contribution is 0.0949. The molecule has 0 spiro atoms. The molecule has 33 heavy (non-hydrogen) atoms. The molecule has 0 aliphatic carbocycles. The van der Waals surface area contributed by atoms with Crippen LogP contribution < -0.4 is 19.5 Å². The Hall–Kier alpha value is -3.59. The number of aryl methyl sites for hydroxylation is 1. The Balaban J connectivity index is 1.77. The van der Waals surface area contributed by atoms with Gasteiger partial charge in [0.1, 0.15) is 5.75 Å². The fourth-order valence-electron chi connectivity index (χ4n) is 3.04. The molecule has 0 aliphatic rings. The average molecular weight is 470 g/mol. The Labute approximate surface area is 194 Å². The van der Waals surface area contributed by atoms with Crippen molar-refractivity contribution in [2.75, 3.05) is 11.8 Å². The molecule has 2 N–H and O–H groups in total. The van der Waals surface area contributed by atoms with E-state index in [1.807, 2.05) is 19.9 Å². The SMILES string of the molecule is COc1ccc(NS(=O)(=O)c2ccc(C)c(C(=O)NCc3cccnc3OC(C)C)c2)cc1. The number of benzene rings is 2. The molecule has 3 aromatic rings. The molecule has 0 aliphatic heterocycles. The van der Waals surface area contributed by atoms with E-state index in [9.17, 15) is 13.2 Å². The summed E-state index contributed by atoms with van der Waals surface area (Å²) in [5, 5.41) is 2.82. The van der Waals surface area contributed by atoms with Gasteiger partial charge in [0.15, 0.2) is 0 Å². The number of methoxy groups -OCH3 is 1. The number of hydrogen-bond acceptors (Lipinski definition) is 6. The summed E-state index contributed by atoms with van der Waals surface area (Å²) in [6, 6.07) is 14.5.